The van der Waals surface area contributed by atoms with Gasteiger partial charge in [-0.2, -0.15) is 0 Å². The topological polar surface area (TPSA) is 96.3 Å². The van der Waals surface area contributed by atoms with Gasteiger partial charge in [-0.1, -0.05) is 96.1 Å². The Morgan fingerprint density at radius 3 is 2.20 bits per heavy atom. The quantitative estimate of drug-likeness (QED) is 0.188. The van der Waals surface area contributed by atoms with Crippen LogP contribution in [0.25, 0.3) is 0 Å². The number of aromatic nitrogens is 2. The molecule has 1 heterocycles. The Bertz CT molecular complexity index is 1320. The third kappa shape index (κ3) is 10.2. The largest absolute Gasteiger partial charge is 0.305 e. The second-order valence-corrected chi connectivity index (χ2v) is 13.4. The summed E-state index contributed by atoms with van der Waals surface area (Å²) in [5.74, 6) is 0.280. The first-order valence-corrected chi connectivity index (χ1v) is 15.4. The maximum absolute atomic E-state index is 12.7. The minimum absolute atomic E-state index is 0.0550. The van der Waals surface area contributed by atoms with Crippen LogP contribution in [0.5, 0.6) is 0 Å². The smallest absolute Gasteiger partial charge is 0.230 e. The summed E-state index contributed by atoms with van der Waals surface area (Å²) in [5.41, 5.74) is 4.25. The van der Waals surface area contributed by atoms with E-state index in [4.69, 9.17) is 0 Å². The van der Waals surface area contributed by atoms with Crippen LogP contribution in [0.3, 0.4) is 0 Å². The van der Waals surface area contributed by atoms with Gasteiger partial charge in [0.05, 0.1) is 12.8 Å². The molecule has 0 radical (unpaired) electrons. The second-order valence-electron chi connectivity index (χ2n) is 10.7. The highest BCUT2D eigenvalue weighted by Crippen LogP contribution is 2.38. The van der Waals surface area contributed by atoms with Gasteiger partial charge >= 0.3 is 0 Å². The lowest BCUT2D eigenvalue weighted by atomic mass is 9.87. The number of benzene rings is 2. The minimum Gasteiger partial charge on any atom is -0.305 e. The molecule has 2 aromatic carbocycles. The number of rotatable bonds is 12. The summed E-state index contributed by atoms with van der Waals surface area (Å²) in [7, 11) is 1.72. The molecule has 0 aliphatic heterocycles. The Morgan fingerprint density at radius 2 is 1.62 bits per heavy atom. The zero-order valence-corrected chi connectivity index (χ0v) is 26.0. The van der Waals surface area contributed by atoms with Crippen molar-refractivity contribution in [2.24, 2.45) is 10.9 Å². The summed E-state index contributed by atoms with van der Waals surface area (Å²) in [4.78, 5) is 29.5. The highest BCUT2D eigenvalue weighted by molar-refractivity contribution is 8.15. The van der Waals surface area contributed by atoms with E-state index in [1.54, 1.807) is 18.8 Å². The van der Waals surface area contributed by atoms with Crippen LogP contribution in [0.2, 0.25) is 0 Å². The van der Waals surface area contributed by atoms with E-state index >= 15 is 0 Å². The van der Waals surface area contributed by atoms with Crippen molar-refractivity contribution in [2.45, 2.75) is 77.9 Å². The van der Waals surface area contributed by atoms with Crippen molar-refractivity contribution >= 4 is 45.2 Å². The van der Waals surface area contributed by atoms with Gasteiger partial charge in [-0.15, -0.1) is 10.2 Å². The third-order valence-electron chi connectivity index (χ3n) is 6.84. The van der Waals surface area contributed by atoms with E-state index in [1.807, 2.05) is 62.4 Å². The molecule has 40 heavy (non-hydrogen) atoms. The van der Waals surface area contributed by atoms with Crippen LogP contribution in [-0.4, -0.2) is 39.0 Å². The van der Waals surface area contributed by atoms with Gasteiger partial charge < -0.3 is 10.6 Å². The number of nitrogens with zero attached hydrogens (tertiary/aromatic N) is 3. The molecule has 2 N–H and O–H groups in total. The molecule has 0 aliphatic rings. The molecule has 9 heteroatoms. The molecule has 0 aliphatic carbocycles. The van der Waals surface area contributed by atoms with Gasteiger partial charge in [0, 0.05) is 18.2 Å². The van der Waals surface area contributed by atoms with Gasteiger partial charge in [0.15, 0.2) is 5.17 Å². The standard InChI is InChI=1S/C31H41N5O2S2/c1-7-25(31(4,5)40-29(32-6)33-26(37)19-23-13-8-11-21(2)17-23)15-10-16-28-35-36-30(39-28)34-27(38)20-24-14-9-12-22(3)18-24/h8-9,11-14,17-18,25H,7,10,15-16,19-20H2,1-6H3,(H,32,33,37)(H,34,36,38). The van der Waals surface area contributed by atoms with Crippen LogP contribution in [0, 0.1) is 19.8 Å². The Labute approximate surface area is 246 Å². The minimum atomic E-state index is -0.115. The molecule has 0 spiro atoms. The summed E-state index contributed by atoms with van der Waals surface area (Å²) in [6, 6.07) is 16.0. The molecule has 3 aromatic rings. The van der Waals surface area contributed by atoms with Gasteiger partial charge in [-0.05, 0) is 57.6 Å². The average Bonchev–Trinajstić information content (AvgIpc) is 3.32. The summed E-state index contributed by atoms with van der Waals surface area (Å²) in [6.07, 6.45) is 4.45. The van der Waals surface area contributed by atoms with Crippen molar-refractivity contribution in [3.8, 4) is 0 Å². The van der Waals surface area contributed by atoms with Crippen LogP contribution in [0.4, 0.5) is 5.13 Å². The molecular formula is C31H41N5O2S2. The normalized spacial score (nSPS) is 12.7. The molecular weight excluding hydrogens is 539 g/mol. The lowest BCUT2D eigenvalue weighted by Crippen LogP contribution is -2.36. The number of aryl methyl sites for hydroxylation is 3. The van der Waals surface area contributed by atoms with E-state index in [9.17, 15) is 9.59 Å². The first-order chi connectivity index (χ1) is 19.1. The van der Waals surface area contributed by atoms with Gasteiger partial charge in [0.25, 0.3) is 0 Å². The maximum Gasteiger partial charge on any atom is 0.230 e. The zero-order chi connectivity index (χ0) is 29.1. The van der Waals surface area contributed by atoms with E-state index in [2.05, 4.69) is 46.6 Å². The fourth-order valence-electron chi connectivity index (χ4n) is 4.75. The highest BCUT2D eigenvalue weighted by Gasteiger charge is 2.31. The lowest BCUT2D eigenvalue weighted by Gasteiger charge is -2.33. The zero-order valence-electron chi connectivity index (χ0n) is 24.4. The first kappa shape index (κ1) is 31.5. The number of nitrogens with one attached hydrogen (secondary N) is 2. The Morgan fingerprint density at radius 1 is 1.00 bits per heavy atom. The molecule has 7 nitrogen and oxygen atoms in total. The van der Waals surface area contributed by atoms with Gasteiger partial charge in [-0.25, -0.2) is 0 Å². The number of thioether (sulfide) groups is 1. The number of hydrogen-bond donors (Lipinski definition) is 2. The molecule has 214 valence electrons. The maximum atomic E-state index is 12.7. The molecule has 3 rings (SSSR count). The number of carbonyl (C=O) groups excluding carboxylic acids is 2. The summed E-state index contributed by atoms with van der Waals surface area (Å²) < 4.78 is -0.115. The molecule has 0 bridgehead atoms. The van der Waals surface area contributed by atoms with Crippen LogP contribution in [-0.2, 0) is 28.9 Å². The van der Waals surface area contributed by atoms with Crippen molar-refractivity contribution in [2.75, 3.05) is 12.4 Å². The van der Waals surface area contributed by atoms with Gasteiger partial charge in [-0.3, -0.25) is 14.6 Å². The average molecular weight is 580 g/mol. The summed E-state index contributed by atoms with van der Waals surface area (Å²) in [6.45, 7) is 10.7. The van der Waals surface area contributed by atoms with Crippen molar-refractivity contribution in [3.05, 3.63) is 75.8 Å². The number of amides is 2. The van der Waals surface area contributed by atoms with Gasteiger partial charge in [0.1, 0.15) is 5.01 Å². The molecule has 0 fully saturated rings. The first-order valence-electron chi connectivity index (χ1n) is 13.8. The summed E-state index contributed by atoms with van der Waals surface area (Å²) in [5, 5.41) is 16.5. The predicted molar refractivity (Wildman–Crippen MR) is 168 cm³/mol. The molecule has 0 saturated heterocycles. The molecule has 1 unspecified atom stereocenters. The number of hydrogen-bond acceptors (Lipinski definition) is 7. The number of carbonyl (C=O) groups is 2. The highest BCUT2D eigenvalue weighted by atomic mass is 32.2. The van der Waals surface area contributed by atoms with E-state index in [0.717, 1.165) is 52.9 Å². The number of aliphatic imine (C=N–C) groups is 1. The lowest BCUT2D eigenvalue weighted by molar-refractivity contribution is -0.119. The Balaban J connectivity index is 1.46. The number of anilines is 1. The fraction of sp³-hybridized carbons (Fsp3) is 0.452. The van der Waals surface area contributed by atoms with Crippen LogP contribution in [0.15, 0.2) is 53.5 Å². The second kappa shape index (κ2) is 15.1. The monoisotopic (exact) mass is 579 g/mol. The van der Waals surface area contributed by atoms with Crippen molar-refractivity contribution in [3.63, 3.8) is 0 Å². The SMILES string of the molecule is CCC(CCCc1nnc(NC(=O)Cc2cccc(C)c2)s1)C(C)(C)SC(=NC)NC(=O)Cc1cccc(C)c1. The van der Waals surface area contributed by atoms with E-state index in [1.165, 1.54) is 11.3 Å². The molecule has 1 atom stereocenters. The van der Waals surface area contributed by atoms with Crippen molar-refractivity contribution in [1.82, 2.24) is 15.5 Å². The van der Waals surface area contributed by atoms with E-state index in [0.29, 0.717) is 29.1 Å². The summed E-state index contributed by atoms with van der Waals surface area (Å²) >= 11 is 3.06. The predicted octanol–water partition coefficient (Wildman–Crippen LogP) is 6.54. The van der Waals surface area contributed by atoms with Crippen LogP contribution >= 0.6 is 23.1 Å². The molecule has 1 aromatic heterocycles. The van der Waals surface area contributed by atoms with Crippen molar-refractivity contribution in [1.29, 1.82) is 0 Å². The molecule has 0 saturated carbocycles. The third-order valence-corrected chi connectivity index (χ3v) is 9.07. The Kier molecular flexibility index (Phi) is 11.9. The Hall–Kier alpha value is -3.04. The molecule has 2 amide bonds. The van der Waals surface area contributed by atoms with Crippen LogP contribution < -0.4 is 10.6 Å². The fourth-order valence-corrected chi connectivity index (χ4v) is 6.75. The van der Waals surface area contributed by atoms with Crippen molar-refractivity contribution < 1.29 is 9.59 Å². The number of amidine groups is 1. The van der Waals surface area contributed by atoms with Crippen LogP contribution in [0.1, 0.15) is 67.3 Å². The van der Waals surface area contributed by atoms with Gasteiger partial charge in [0.2, 0.25) is 16.9 Å². The van der Waals surface area contributed by atoms with E-state index < -0.39 is 0 Å². The van der Waals surface area contributed by atoms with E-state index in [-0.39, 0.29) is 16.6 Å².